The number of benzene rings is 12. The second kappa shape index (κ2) is 25.5. The lowest BCUT2D eigenvalue weighted by Gasteiger charge is -2.29. The molecule has 0 unspecified atom stereocenters. The van der Waals surface area contributed by atoms with Crippen molar-refractivity contribution in [1.82, 2.24) is 0 Å². The number of hydrogen-bond donors (Lipinski definition) is 0. The molecule has 0 radical (unpaired) electrons. The number of hydrogen-bond acceptors (Lipinski definition) is 4. The zero-order valence-corrected chi connectivity index (χ0v) is 54.5. The van der Waals surface area contributed by atoms with Crippen molar-refractivity contribution < 1.29 is 0 Å². The topological polar surface area (TPSA) is 40.3 Å². The second-order valence-corrected chi connectivity index (χ2v) is 32.7. The largest absolute Gasteiger partial charge is 0.310 e. The Labute approximate surface area is 522 Å². The minimum absolute atomic E-state index is 0.911. The van der Waals surface area contributed by atoms with Gasteiger partial charge in [-0.25, -0.2) is 0 Å². The molecule has 0 saturated heterocycles. The Morgan fingerprint density at radius 2 is 0.295 bits per heavy atom. The molecule has 0 amide bonds. The van der Waals surface area contributed by atoms with E-state index in [4.69, 9.17) is 14.2 Å². The maximum absolute atomic E-state index is 5.98. The van der Waals surface area contributed by atoms with Crippen LogP contribution in [0.5, 0.6) is 0 Å². The van der Waals surface area contributed by atoms with Crippen LogP contribution in [0.3, 0.4) is 0 Å². The van der Waals surface area contributed by atoms with Gasteiger partial charge in [0.2, 0.25) is 0 Å². The van der Waals surface area contributed by atoms with Crippen LogP contribution in [0.25, 0.3) is 0 Å². The molecule has 0 atom stereocenters. The van der Waals surface area contributed by atoms with Gasteiger partial charge in [0.15, 0.2) is 0 Å². The molecule has 0 spiro atoms. The van der Waals surface area contributed by atoms with E-state index in [1.807, 2.05) is 0 Å². The van der Waals surface area contributed by atoms with E-state index >= 15 is 0 Å². The summed E-state index contributed by atoms with van der Waals surface area (Å²) in [6, 6.07) is 108. The third-order valence-corrected chi connectivity index (χ3v) is 27.8. The van der Waals surface area contributed by atoms with Crippen molar-refractivity contribution >= 4 is 103 Å². The first-order chi connectivity index (χ1) is 42.7. The van der Waals surface area contributed by atoms with Crippen molar-refractivity contribution in [2.24, 2.45) is 14.2 Å². The molecule has 0 aromatic heterocycles. The Morgan fingerprint density at radius 1 is 0.170 bits per heavy atom. The third kappa shape index (κ3) is 12.1. The highest BCUT2D eigenvalue weighted by molar-refractivity contribution is 7.88. The van der Waals surface area contributed by atoms with Gasteiger partial charge in [-0.3, -0.25) is 14.2 Å². The predicted octanol–water partition coefficient (Wildman–Crippen LogP) is 19.4. The van der Waals surface area contributed by atoms with Crippen molar-refractivity contribution in [1.29, 1.82) is 0 Å². The number of anilines is 3. The van der Waals surface area contributed by atoms with Crippen LogP contribution in [0.1, 0.15) is 50.1 Å². The molecule has 88 heavy (non-hydrogen) atoms. The average molecular weight is 1200 g/mol. The molecule has 0 saturated carbocycles. The van der Waals surface area contributed by atoms with Crippen LogP contribution in [-0.4, -0.2) is 0 Å². The van der Waals surface area contributed by atoms with E-state index in [2.05, 4.69) is 358 Å². The Balaban J connectivity index is 1.05. The van der Waals surface area contributed by atoms with Gasteiger partial charge in [0, 0.05) is 64.8 Å². The summed E-state index contributed by atoms with van der Waals surface area (Å²) < 4.78 is 17.9. The van der Waals surface area contributed by atoms with Crippen molar-refractivity contribution in [2.45, 2.75) is 62.3 Å². The highest BCUT2D eigenvalue weighted by Crippen LogP contribution is 2.53. The normalized spacial score (nSPS) is 11.7. The fourth-order valence-electron chi connectivity index (χ4n) is 11.7. The van der Waals surface area contributed by atoms with E-state index < -0.39 is 21.2 Å². The van der Waals surface area contributed by atoms with E-state index in [0.717, 1.165) is 34.1 Å². The summed E-state index contributed by atoms with van der Waals surface area (Å²) in [4.78, 5) is 2.35. The number of aryl methyl sites for hydroxylation is 9. The molecular formula is C81H75N4P3. The summed E-state index contributed by atoms with van der Waals surface area (Å²) >= 11 is 0. The van der Waals surface area contributed by atoms with Gasteiger partial charge in [-0.15, -0.1) is 0 Å². The molecule has 12 aromatic carbocycles. The molecule has 12 aromatic rings. The van der Waals surface area contributed by atoms with Crippen LogP contribution in [0, 0.1) is 62.3 Å². The fraction of sp³-hybridized carbons (Fsp3) is 0.111. The highest BCUT2D eigenvalue weighted by Gasteiger charge is 2.31. The zero-order valence-electron chi connectivity index (χ0n) is 51.8. The molecule has 0 aliphatic rings. The van der Waals surface area contributed by atoms with Crippen molar-refractivity contribution in [3.05, 3.63) is 341 Å². The van der Waals surface area contributed by atoms with Crippen LogP contribution in [-0.2, 0) is 0 Å². The van der Waals surface area contributed by atoms with E-state index in [0.29, 0.717) is 0 Å². The molecule has 12 rings (SSSR count). The first-order valence-electron chi connectivity index (χ1n) is 30.3. The molecule has 0 fully saturated rings. The quantitative estimate of drug-likeness (QED) is 0.0943. The maximum atomic E-state index is 5.98. The number of rotatable bonds is 15. The van der Waals surface area contributed by atoms with E-state index in [1.54, 1.807) is 0 Å². The third-order valence-electron chi connectivity index (χ3n) is 16.8. The standard InChI is InChI=1S/C81H75N4P3/c1-58-10-40-73(41-11-58)86(74-42-12-59(2)13-43-74,75-44-14-60(3)15-45-75)82-67-28-34-70(35-29-67)85(71-36-30-68(31-37-71)83-87(76-46-16-61(4)17-47-76,77-48-18-62(5)19-49-77)78-50-20-63(6)21-51-78)72-38-32-69(33-39-72)84-88(79-52-22-64(7)23-53-79,80-54-24-65(8)25-55-80)81-56-26-66(9)27-57-81/h10-57H,1-9H3. The lowest BCUT2D eigenvalue weighted by molar-refractivity contribution is 1.28. The van der Waals surface area contributed by atoms with Crippen LogP contribution >= 0.6 is 21.2 Å². The molecule has 434 valence electrons. The van der Waals surface area contributed by atoms with Gasteiger partial charge >= 0.3 is 0 Å². The van der Waals surface area contributed by atoms with Crippen LogP contribution in [0.4, 0.5) is 34.1 Å². The van der Waals surface area contributed by atoms with Gasteiger partial charge in [0.25, 0.3) is 0 Å². The van der Waals surface area contributed by atoms with Gasteiger partial charge in [0.1, 0.15) is 0 Å². The molecule has 4 nitrogen and oxygen atoms in total. The molecule has 7 heteroatoms. The maximum Gasteiger partial charge on any atom is 0.0626 e. The average Bonchev–Trinajstić information content (AvgIpc) is 0.879. The number of nitrogens with zero attached hydrogens (tertiary/aromatic N) is 4. The predicted molar refractivity (Wildman–Crippen MR) is 385 cm³/mol. The Morgan fingerprint density at radius 3 is 0.420 bits per heavy atom. The van der Waals surface area contributed by atoms with Gasteiger partial charge in [-0.1, -0.05) is 268 Å². The van der Waals surface area contributed by atoms with E-state index in [1.165, 1.54) is 97.8 Å². The van der Waals surface area contributed by atoms with Crippen molar-refractivity contribution in [2.75, 3.05) is 4.90 Å². The van der Waals surface area contributed by atoms with Crippen LogP contribution in [0.2, 0.25) is 0 Å². The summed E-state index contributed by atoms with van der Waals surface area (Å²) in [7, 11) is -7.77. The van der Waals surface area contributed by atoms with Gasteiger partial charge in [-0.05, 0) is 135 Å². The summed E-state index contributed by atoms with van der Waals surface area (Å²) in [6.07, 6.45) is 0. The van der Waals surface area contributed by atoms with E-state index in [-0.39, 0.29) is 0 Å². The molecule has 0 N–H and O–H groups in total. The Bertz CT molecular complexity index is 3730. The Hall–Kier alpha value is -8.87. The van der Waals surface area contributed by atoms with Gasteiger partial charge < -0.3 is 4.90 Å². The summed E-state index contributed by atoms with van der Waals surface area (Å²) in [5.74, 6) is 0. The van der Waals surface area contributed by atoms with Crippen LogP contribution < -0.4 is 52.6 Å². The van der Waals surface area contributed by atoms with Gasteiger partial charge in [0.05, 0.1) is 38.2 Å². The summed E-state index contributed by atoms with van der Waals surface area (Å²) in [5, 5.41) is 10.9. The first kappa shape index (κ1) is 59.5. The first-order valence-corrected chi connectivity index (χ1v) is 35.5. The molecule has 0 aliphatic heterocycles. The van der Waals surface area contributed by atoms with E-state index in [9.17, 15) is 0 Å². The second-order valence-electron chi connectivity index (χ2n) is 23.6. The smallest absolute Gasteiger partial charge is 0.0626 e. The lowest BCUT2D eigenvalue weighted by Crippen LogP contribution is -2.25. The summed E-state index contributed by atoms with van der Waals surface area (Å²) in [5.41, 5.74) is 16.7. The minimum atomic E-state index is -2.59. The molecule has 0 bridgehead atoms. The monoisotopic (exact) mass is 1200 g/mol. The fourth-order valence-corrected chi connectivity index (χ4v) is 22.1. The molecule has 0 aliphatic carbocycles. The molecule has 0 heterocycles. The minimum Gasteiger partial charge on any atom is -0.310 e. The summed E-state index contributed by atoms with van der Waals surface area (Å²) in [6.45, 7) is 19.4. The molecular weight excluding hydrogens is 1120 g/mol. The SMILES string of the molecule is Cc1ccc(P(=Nc2ccc(N(c3ccc(N=P(c4ccc(C)cc4)(c4ccc(C)cc4)c4ccc(C)cc4)cc3)c3ccc(N=P(c4ccc(C)cc4)(c4ccc(C)cc4)c4ccc(C)cc4)cc3)cc2)(c2ccc(C)cc2)c2ccc(C)cc2)cc1. The highest BCUT2D eigenvalue weighted by atomic mass is 31.2. The Kier molecular flexibility index (Phi) is 17.2. The van der Waals surface area contributed by atoms with Crippen LogP contribution in [0.15, 0.2) is 305 Å². The van der Waals surface area contributed by atoms with Gasteiger partial charge in [-0.2, -0.15) is 0 Å². The zero-order chi connectivity index (χ0) is 61.0. The van der Waals surface area contributed by atoms with Crippen molar-refractivity contribution in [3.8, 4) is 0 Å². The van der Waals surface area contributed by atoms with Crippen molar-refractivity contribution in [3.63, 3.8) is 0 Å². The lowest BCUT2D eigenvalue weighted by atomic mass is 10.1.